The van der Waals surface area contributed by atoms with Gasteiger partial charge in [-0.05, 0) is 6.07 Å². The van der Waals surface area contributed by atoms with Gasteiger partial charge in [0.15, 0.2) is 0 Å². The maximum atomic E-state index is 10.7. The Kier molecular flexibility index (Phi) is 0.886. The van der Waals surface area contributed by atoms with E-state index >= 15 is 0 Å². The first-order valence-electron chi connectivity index (χ1n) is 2.84. The third-order valence-corrected chi connectivity index (χ3v) is 0.933. The summed E-state index contributed by atoms with van der Waals surface area (Å²) in [5.74, 6) is 0. The van der Waals surface area contributed by atoms with Gasteiger partial charge in [-0.2, -0.15) is 0 Å². The van der Waals surface area contributed by atoms with Crippen LogP contribution in [0.25, 0.3) is 0 Å². The number of nitrogens with zero attached hydrogens (tertiary/aromatic N) is 1. The summed E-state index contributed by atoms with van der Waals surface area (Å²) in [6.45, 7) is 0. The lowest BCUT2D eigenvalue weighted by atomic mass is 10.5. The summed E-state index contributed by atoms with van der Waals surface area (Å²) in [5, 5.41) is 0. The van der Waals surface area contributed by atoms with Crippen molar-refractivity contribution in [1.82, 2.24) is 4.57 Å². The topological polar surface area (TPSA) is 22.0 Å². The van der Waals surface area contributed by atoms with E-state index in [2.05, 4.69) is 0 Å². The molecule has 0 atom stereocenters. The fourth-order valence-corrected chi connectivity index (χ4v) is 0.461. The molecular formula is C6H7NO. The number of pyridine rings is 1. The summed E-state index contributed by atoms with van der Waals surface area (Å²) >= 11 is 0. The van der Waals surface area contributed by atoms with Gasteiger partial charge in [-0.1, -0.05) is 6.07 Å². The molecule has 8 heavy (non-hydrogen) atoms. The summed E-state index contributed by atoms with van der Waals surface area (Å²) < 4.78 is 8.40. The van der Waals surface area contributed by atoms with Crippen LogP contribution in [0, 0.1) is 0 Å². The lowest BCUT2D eigenvalue weighted by Crippen LogP contribution is -2.12. The Labute approximate surface area is 48.8 Å². The number of rotatable bonds is 0. The minimum atomic E-state index is -0.252. The SMILES string of the molecule is [2H]c1cccn(C)c1=O. The summed E-state index contributed by atoms with van der Waals surface area (Å²) in [4.78, 5) is 10.7. The third kappa shape index (κ3) is 0.780. The van der Waals surface area contributed by atoms with Gasteiger partial charge in [0.1, 0.15) is 0 Å². The largest absolute Gasteiger partial charge is 0.319 e. The molecule has 0 aromatic carbocycles. The molecule has 0 aliphatic carbocycles. The Hall–Kier alpha value is -1.05. The molecule has 0 fully saturated rings. The van der Waals surface area contributed by atoms with Gasteiger partial charge in [-0.3, -0.25) is 4.79 Å². The van der Waals surface area contributed by atoms with Crippen LogP contribution in [0.5, 0.6) is 0 Å². The lowest BCUT2D eigenvalue weighted by Gasteiger charge is -1.89. The van der Waals surface area contributed by atoms with E-state index in [1.165, 1.54) is 10.6 Å². The van der Waals surface area contributed by atoms with Crippen LogP contribution in [-0.2, 0) is 7.05 Å². The molecule has 1 aromatic heterocycles. The van der Waals surface area contributed by atoms with E-state index in [0.29, 0.717) is 0 Å². The van der Waals surface area contributed by atoms with E-state index in [4.69, 9.17) is 1.37 Å². The molecule has 42 valence electrons. The number of hydrogen-bond donors (Lipinski definition) is 0. The van der Waals surface area contributed by atoms with Crippen molar-refractivity contribution in [1.29, 1.82) is 0 Å². The van der Waals surface area contributed by atoms with Gasteiger partial charge >= 0.3 is 0 Å². The molecule has 0 aliphatic heterocycles. The van der Waals surface area contributed by atoms with Gasteiger partial charge < -0.3 is 4.57 Å². The average Bonchev–Trinajstić information content (AvgIpc) is 1.83. The molecule has 0 saturated carbocycles. The molecule has 2 nitrogen and oxygen atoms in total. The second-order valence-corrected chi connectivity index (χ2v) is 1.57. The van der Waals surface area contributed by atoms with E-state index < -0.39 is 0 Å². The molecule has 0 radical (unpaired) electrons. The summed E-state index contributed by atoms with van der Waals surface area (Å²) in [6, 6.07) is 3.19. The molecule has 0 N–H and O–H groups in total. The summed E-state index contributed by atoms with van der Waals surface area (Å²) in [6.07, 6.45) is 1.63. The Bertz CT molecular complexity index is 243. The predicted molar refractivity (Wildman–Crippen MR) is 31.7 cm³/mol. The van der Waals surface area contributed by atoms with Crippen molar-refractivity contribution in [2.24, 2.45) is 7.05 Å². The molecule has 2 heteroatoms. The van der Waals surface area contributed by atoms with Crippen LogP contribution in [-0.4, -0.2) is 4.57 Å². The number of hydrogen-bond acceptors (Lipinski definition) is 1. The number of aryl methyl sites for hydroxylation is 1. The van der Waals surface area contributed by atoms with Gasteiger partial charge in [0.2, 0.25) is 5.56 Å². The van der Waals surface area contributed by atoms with E-state index in [9.17, 15) is 4.79 Å². The molecule has 0 saturated heterocycles. The van der Waals surface area contributed by atoms with Gasteiger partial charge in [0.25, 0.3) is 0 Å². The van der Waals surface area contributed by atoms with Crippen molar-refractivity contribution in [2.75, 3.05) is 0 Å². The normalized spacial score (nSPS) is 10.9. The van der Waals surface area contributed by atoms with E-state index in [-0.39, 0.29) is 11.6 Å². The first-order valence-corrected chi connectivity index (χ1v) is 2.34. The highest BCUT2D eigenvalue weighted by molar-refractivity contribution is 4.91. The molecule has 0 spiro atoms. The Balaban J connectivity index is 3.43. The van der Waals surface area contributed by atoms with Crippen molar-refractivity contribution in [3.8, 4) is 0 Å². The van der Waals surface area contributed by atoms with Crippen LogP contribution in [0.2, 0.25) is 0 Å². The molecular weight excluding hydrogens is 102 g/mol. The van der Waals surface area contributed by atoms with Gasteiger partial charge in [-0.15, -0.1) is 0 Å². The van der Waals surface area contributed by atoms with E-state index in [1.54, 1.807) is 19.3 Å². The standard InChI is InChI=1S/C6H7NO/c1-7-5-3-2-4-6(7)8/h2-5H,1H3/i4D. The minimum Gasteiger partial charge on any atom is -0.319 e. The zero-order chi connectivity index (χ0) is 6.85. The Morgan fingerprint density at radius 1 is 1.75 bits per heavy atom. The highest BCUT2D eigenvalue weighted by Crippen LogP contribution is 1.73. The molecule has 0 bridgehead atoms. The van der Waals surface area contributed by atoms with Crippen LogP contribution < -0.4 is 5.56 Å². The summed E-state index contributed by atoms with van der Waals surface area (Å²) in [7, 11) is 1.63. The molecule has 1 heterocycles. The second-order valence-electron chi connectivity index (χ2n) is 1.57. The van der Waals surface area contributed by atoms with Crippen LogP contribution in [0.15, 0.2) is 29.2 Å². The highest BCUT2D eigenvalue weighted by atomic mass is 16.1. The lowest BCUT2D eigenvalue weighted by molar-refractivity contribution is 0.860. The fraction of sp³-hybridized carbons (Fsp3) is 0.167. The van der Waals surface area contributed by atoms with Crippen molar-refractivity contribution >= 4 is 0 Å². The quantitative estimate of drug-likeness (QED) is 0.473. The molecule has 1 rings (SSSR count). The van der Waals surface area contributed by atoms with Crippen molar-refractivity contribution in [2.45, 2.75) is 0 Å². The van der Waals surface area contributed by atoms with Crippen molar-refractivity contribution < 1.29 is 1.37 Å². The minimum absolute atomic E-state index is 0.0417. The molecule has 1 aromatic rings. The molecule has 0 aliphatic rings. The van der Waals surface area contributed by atoms with Gasteiger partial charge in [0, 0.05) is 19.3 Å². The molecule has 0 unspecified atom stereocenters. The van der Waals surface area contributed by atoms with E-state index in [1.807, 2.05) is 0 Å². The van der Waals surface area contributed by atoms with Crippen molar-refractivity contribution in [3.05, 3.63) is 34.7 Å². The van der Waals surface area contributed by atoms with Crippen LogP contribution in [0.3, 0.4) is 0 Å². The third-order valence-electron chi connectivity index (χ3n) is 0.933. The van der Waals surface area contributed by atoms with Crippen LogP contribution in [0.4, 0.5) is 0 Å². The summed E-state index contributed by atoms with van der Waals surface area (Å²) in [5.41, 5.74) is -0.252. The van der Waals surface area contributed by atoms with Crippen LogP contribution >= 0.6 is 0 Å². The smallest absolute Gasteiger partial charge is 0.250 e. The zero-order valence-corrected chi connectivity index (χ0v) is 4.59. The highest BCUT2D eigenvalue weighted by Gasteiger charge is 1.79. The Morgan fingerprint density at radius 2 is 2.50 bits per heavy atom. The molecule has 0 amide bonds. The first-order chi connectivity index (χ1) is 4.22. The Morgan fingerprint density at radius 3 is 3.00 bits per heavy atom. The van der Waals surface area contributed by atoms with Crippen molar-refractivity contribution in [3.63, 3.8) is 0 Å². The van der Waals surface area contributed by atoms with Crippen LogP contribution in [0.1, 0.15) is 1.37 Å². The van der Waals surface area contributed by atoms with E-state index in [0.717, 1.165) is 0 Å². The monoisotopic (exact) mass is 110 g/mol. The predicted octanol–water partition coefficient (Wildman–Crippen LogP) is 0.385. The maximum absolute atomic E-state index is 10.7. The number of aromatic nitrogens is 1. The fourth-order valence-electron chi connectivity index (χ4n) is 0.461. The van der Waals surface area contributed by atoms with Gasteiger partial charge in [-0.25, -0.2) is 0 Å². The van der Waals surface area contributed by atoms with Gasteiger partial charge in [0.05, 0.1) is 1.37 Å². The second kappa shape index (κ2) is 1.82. The average molecular weight is 110 g/mol. The first kappa shape index (κ1) is 3.89. The zero-order valence-electron chi connectivity index (χ0n) is 5.59. The maximum Gasteiger partial charge on any atom is 0.250 e.